The van der Waals surface area contributed by atoms with Crippen LogP contribution in [0.1, 0.15) is 64.7 Å². The summed E-state index contributed by atoms with van der Waals surface area (Å²) in [5, 5.41) is 3.86. The maximum absolute atomic E-state index is 3.86. The molecule has 18 heavy (non-hydrogen) atoms. The van der Waals surface area contributed by atoms with Crippen LogP contribution in [0.5, 0.6) is 0 Å². The molecule has 1 unspecified atom stereocenters. The van der Waals surface area contributed by atoms with Gasteiger partial charge in [0.25, 0.3) is 0 Å². The third-order valence-corrected chi connectivity index (χ3v) is 5.50. The Hall–Kier alpha value is -0.0800. The van der Waals surface area contributed by atoms with Gasteiger partial charge in [-0.25, -0.2) is 0 Å². The topological polar surface area (TPSA) is 15.3 Å². The normalized spacial score (nSPS) is 37.2. The molecule has 0 aromatic heterocycles. The first-order valence-electron chi connectivity index (χ1n) is 8.27. The van der Waals surface area contributed by atoms with E-state index in [1.54, 1.807) is 0 Å². The highest BCUT2D eigenvalue weighted by Gasteiger charge is 2.43. The van der Waals surface area contributed by atoms with Gasteiger partial charge in [-0.3, -0.25) is 4.90 Å². The molecular formula is C16H30N2. The fourth-order valence-electron chi connectivity index (χ4n) is 4.14. The minimum Gasteiger partial charge on any atom is -0.310 e. The first-order chi connectivity index (χ1) is 8.78. The first-order valence-corrected chi connectivity index (χ1v) is 8.27. The zero-order chi connectivity index (χ0) is 12.4. The van der Waals surface area contributed by atoms with E-state index in [0.29, 0.717) is 5.54 Å². The highest BCUT2D eigenvalue weighted by Crippen LogP contribution is 2.41. The van der Waals surface area contributed by atoms with Crippen molar-refractivity contribution in [3.63, 3.8) is 0 Å². The summed E-state index contributed by atoms with van der Waals surface area (Å²) in [4.78, 5) is 2.85. The van der Waals surface area contributed by atoms with Crippen LogP contribution >= 0.6 is 0 Å². The molecule has 0 spiro atoms. The van der Waals surface area contributed by atoms with Gasteiger partial charge in [0.05, 0.1) is 0 Å². The number of nitrogens with zero attached hydrogens (tertiary/aromatic N) is 1. The SMILES string of the molecule is CC1(C2CC2)CN(C2CCCCCC2)CCCN1. The van der Waals surface area contributed by atoms with Crippen molar-refractivity contribution in [3.8, 4) is 0 Å². The lowest BCUT2D eigenvalue weighted by atomic mass is 9.94. The van der Waals surface area contributed by atoms with Gasteiger partial charge in [0.1, 0.15) is 0 Å². The summed E-state index contributed by atoms with van der Waals surface area (Å²) in [5.74, 6) is 0.962. The molecule has 1 aliphatic heterocycles. The van der Waals surface area contributed by atoms with Gasteiger partial charge in [0.2, 0.25) is 0 Å². The standard InChI is InChI=1S/C16H30N2/c1-16(14-9-10-14)13-18(12-6-11-17-16)15-7-4-2-3-5-8-15/h14-15,17H,2-13H2,1H3. The maximum atomic E-state index is 3.86. The van der Waals surface area contributed by atoms with E-state index >= 15 is 0 Å². The Balaban J connectivity index is 1.65. The van der Waals surface area contributed by atoms with Crippen molar-refractivity contribution in [2.24, 2.45) is 5.92 Å². The van der Waals surface area contributed by atoms with Gasteiger partial charge in [-0.1, -0.05) is 25.7 Å². The van der Waals surface area contributed by atoms with E-state index in [9.17, 15) is 0 Å². The average Bonchev–Trinajstić information content (AvgIpc) is 3.20. The van der Waals surface area contributed by atoms with Crippen LogP contribution in [-0.2, 0) is 0 Å². The molecule has 2 aliphatic carbocycles. The molecule has 1 atom stereocenters. The monoisotopic (exact) mass is 250 g/mol. The third kappa shape index (κ3) is 2.91. The Morgan fingerprint density at radius 2 is 1.67 bits per heavy atom. The van der Waals surface area contributed by atoms with Crippen LogP contribution in [0.2, 0.25) is 0 Å². The van der Waals surface area contributed by atoms with Crippen LogP contribution in [0.3, 0.4) is 0 Å². The quantitative estimate of drug-likeness (QED) is 0.757. The smallest absolute Gasteiger partial charge is 0.0308 e. The van der Waals surface area contributed by atoms with Gasteiger partial charge in [-0.05, 0) is 58.0 Å². The second kappa shape index (κ2) is 5.50. The van der Waals surface area contributed by atoms with Crippen molar-refractivity contribution in [1.82, 2.24) is 10.2 Å². The molecule has 1 heterocycles. The first kappa shape index (κ1) is 12.9. The minimum atomic E-state index is 0.419. The zero-order valence-electron chi connectivity index (χ0n) is 12.1. The number of rotatable bonds is 2. The van der Waals surface area contributed by atoms with Crippen LogP contribution in [-0.4, -0.2) is 36.1 Å². The van der Waals surface area contributed by atoms with Crippen molar-refractivity contribution in [3.05, 3.63) is 0 Å². The lowest BCUT2D eigenvalue weighted by Crippen LogP contribution is -2.52. The zero-order valence-corrected chi connectivity index (χ0v) is 12.1. The Kier molecular flexibility index (Phi) is 3.95. The lowest BCUT2D eigenvalue weighted by Gasteiger charge is -2.38. The number of hydrogen-bond donors (Lipinski definition) is 1. The molecule has 1 saturated heterocycles. The molecule has 3 aliphatic rings. The summed E-state index contributed by atoms with van der Waals surface area (Å²) < 4.78 is 0. The Morgan fingerprint density at radius 1 is 0.944 bits per heavy atom. The summed E-state index contributed by atoms with van der Waals surface area (Å²) in [6.45, 7) is 6.36. The molecule has 0 amide bonds. The fourth-order valence-corrected chi connectivity index (χ4v) is 4.14. The highest BCUT2D eigenvalue weighted by molar-refractivity contribution is 5.01. The van der Waals surface area contributed by atoms with Gasteiger partial charge in [0.15, 0.2) is 0 Å². The molecule has 0 bridgehead atoms. The van der Waals surface area contributed by atoms with Gasteiger partial charge in [-0.2, -0.15) is 0 Å². The van der Waals surface area contributed by atoms with Crippen LogP contribution in [0.15, 0.2) is 0 Å². The number of nitrogens with one attached hydrogen (secondary N) is 1. The predicted octanol–water partition coefficient (Wildman–Crippen LogP) is 3.17. The average molecular weight is 250 g/mol. The second-order valence-corrected chi connectivity index (χ2v) is 7.09. The van der Waals surface area contributed by atoms with Crippen LogP contribution in [0.4, 0.5) is 0 Å². The van der Waals surface area contributed by atoms with Crippen LogP contribution in [0.25, 0.3) is 0 Å². The van der Waals surface area contributed by atoms with Crippen molar-refractivity contribution < 1.29 is 0 Å². The molecule has 2 nitrogen and oxygen atoms in total. The second-order valence-electron chi connectivity index (χ2n) is 7.09. The number of hydrogen-bond acceptors (Lipinski definition) is 2. The molecule has 2 saturated carbocycles. The van der Waals surface area contributed by atoms with E-state index in [0.717, 1.165) is 12.0 Å². The van der Waals surface area contributed by atoms with Crippen LogP contribution in [0, 0.1) is 5.92 Å². The fraction of sp³-hybridized carbons (Fsp3) is 1.00. The van der Waals surface area contributed by atoms with E-state index in [4.69, 9.17) is 0 Å². The highest BCUT2D eigenvalue weighted by atomic mass is 15.2. The lowest BCUT2D eigenvalue weighted by molar-refractivity contribution is 0.139. The molecule has 3 fully saturated rings. The van der Waals surface area contributed by atoms with E-state index in [-0.39, 0.29) is 0 Å². The Bertz CT molecular complexity index is 266. The molecule has 0 radical (unpaired) electrons. The van der Waals surface area contributed by atoms with Gasteiger partial charge < -0.3 is 5.32 Å². The van der Waals surface area contributed by atoms with Crippen molar-refractivity contribution in [2.45, 2.75) is 76.3 Å². The van der Waals surface area contributed by atoms with Crippen LogP contribution < -0.4 is 5.32 Å². The molecule has 1 N–H and O–H groups in total. The summed E-state index contributed by atoms with van der Waals surface area (Å²) in [6.07, 6.45) is 13.1. The van der Waals surface area contributed by atoms with Gasteiger partial charge in [0, 0.05) is 18.1 Å². The molecular weight excluding hydrogens is 220 g/mol. The van der Waals surface area contributed by atoms with Crippen molar-refractivity contribution in [1.29, 1.82) is 0 Å². The molecule has 0 aromatic rings. The molecule has 3 rings (SSSR count). The molecule has 0 aromatic carbocycles. The molecule has 104 valence electrons. The van der Waals surface area contributed by atoms with E-state index in [2.05, 4.69) is 17.1 Å². The third-order valence-electron chi connectivity index (χ3n) is 5.50. The van der Waals surface area contributed by atoms with Crippen molar-refractivity contribution >= 4 is 0 Å². The van der Waals surface area contributed by atoms with E-state index < -0.39 is 0 Å². The summed E-state index contributed by atoms with van der Waals surface area (Å²) in [7, 11) is 0. The summed E-state index contributed by atoms with van der Waals surface area (Å²) >= 11 is 0. The summed E-state index contributed by atoms with van der Waals surface area (Å²) in [6, 6.07) is 0.894. The largest absolute Gasteiger partial charge is 0.310 e. The van der Waals surface area contributed by atoms with Gasteiger partial charge >= 0.3 is 0 Å². The van der Waals surface area contributed by atoms with E-state index in [1.165, 1.54) is 77.4 Å². The minimum absolute atomic E-state index is 0.419. The van der Waals surface area contributed by atoms with Crippen molar-refractivity contribution in [2.75, 3.05) is 19.6 Å². The summed E-state index contributed by atoms with van der Waals surface area (Å²) in [5.41, 5.74) is 0.419. The van der Waals surface area contributed by atoms with E-state index in [1.807, 2.05) is 0 Å². The molecule has 2 heteroatoms. The maximum Gasteiger partial charge on any atom is 0.0308 e. The van der Waals surface area contributed by atoms with Gasteiger partial charge in [-0.15, -0.1) is 0 Å². The Labute approximate surface area is 113 Å². The predicted molar refractivity (Wildman–Crippen MR) is 76.8 cm³/mol. The Morgan fingerprint density at radius 3 is 2.33 bits per heavy atom.